The Bertz CT molecular complexity index is 410. The first-order valence-corrected chi connectivity index (χ1v) is 5.83. The van der Waals surface area contributed by atoms with Crippen molar-refractivity contribution in [3.8, 4) is 0 Å². The average molecular weight is 249 g/mol. The van der Waals surface area contributed by atoms with Gasteiger partial charge in [-0.2, -0.15) is 0 Å². The molecule has 4 heteroatoms. The molecular weight excluding hydrogens is 230 g/mol. The third-order valence-corrected chi connectivity index (χ3v) is 2.32. The van der Waals surface area contributed by atoms with E-state index in [1.165, 1.54) is 0 Å². The van der Waals surface area contributed by atoms with Crippen molar-refractivity contribution in [3.63, 3.8) is 0 Å². The highest BCUT2D eigenvalue weighted by Crippen LogP contribution is 2.03. The highest BCUT2D eigenvalue weighted by molar-refractivity contribution is 6.01. The second-order valence-electron chi connectivity index (χ2n) is 4.16. The Balaban J connectivity index is 2.48. The van der Waals surface area contributed by atoms with Crippen LogP contribution in [0.15, 0.2) is 47.1 Å². The summed E-state index contributed by atoms with van der Waals surface area (Å²) in [6.45, 7) is 4.20. The Hall–Kier alpha value is -1.65. The smallest absolute Gasteiger partial charge is 0.112 e. The minimum atomic E-state index is -0.478. The van der Waals surface area contributed by atoms with E-state index in [0.29, 0.717) is 12.3 Å². The van der Waals surface area contributed by atoms with Gasteiger partial charge in [-0.25, -0.2) is 0 Å². The Morgan fingerprint density at radius 2 is 2.00 bits per heavy atom. The molecule has 18 heavy (non-hydrogen) atoms. The summed E-state index contributed by atoms with van der Waals surface area (Å²) in [6.07, 6.45) is 1.24. The van der Waals surface area contributed by atoms with Crippen LogP contribution in [0.5, 0.6) is 0 Å². The number of nitrogens with zero attached hydrogens (tertiary/aromatic N) is 1. The van der Waals surface area contributed by atoms with Gasteiger partial charge in [0.2, 0.25) is 0 Å². The predicted molar refractivity (Wildman–Crippen MR) is 71.0 cm³/mol. The van der Waals surface area contributed by atoms with Gasteiger partial charge in [0.15, 0.2) is 0 Å². The molecule has 2 N–H and O–H groups in total. The highest BCUT2D eigenvalue weighted by atomic mass is 16.5. The molecule has 0 bridgehead atoms. The number of rotatable bonds is 6. The fourth-order valence-corrected chi connectivity index (χ4v) is 1.57. The van der Waals surface area contributed by atoms with E-state index in [1.54, 1.807) is 13.0 Å². The molecule has 0 aliphatic carbocycles. The van der Waals surface area contributed by atoms with Crippen molar-refractivity contribution in [1.82, 2.24) is 0 Å². The molecule has 0 aliphatic heterocycles. The van der Waals surface area contributed by atoms with Crippen LogP contribution in [0.1, 0.15) is 19.4 Å². The van der Waals surface area contributed by atoms with Gasteiger partial charge in [-0.15, -0.1) is 0 Å². The maximum Gasteiger partial charge on any atom is 0.112 e. The van der Waals surface area contributed by atoms with Crippen LogP contribution in [0.4, 0.5) is 0 Å². The molecule has 0 fully saturated rings. The fraction of sp³-hybridized carbons (Fsp3) is 0.357. The quantitative estimate of drug-likeness (QED) is 0.351. The number of benzene rings is 1. The maximum absolute atomic E-state index is 9.16. The number of aliphatic hydroxyl groups excluding tert-OH is 1. The van der Waals surface area contributed by atoms with Gasteiger partial charge in [0, 0.05) is 5.56 Å². The first kappa shape index (κ1) is 14.4. The summed E-state index contributed by atoms with van der Waals surface area (Å²) in [4.78, 5) is 0. The SMILES string of the molecule is C/C(=C\C(C)O)COC/C(=N\O)c1ccccc1. The largest absolute Gasteiger partial charge is 0.411 e. The van der Waals surface area contributed by atoms with Crippen molar-refractivity contribution in [2.45, 2.75) is 20.0 Å². The number of hydrogen-bond donors (Lipinski definition) is 2. The van der Waals surface area contributed by atoms with Gasteiger partial charge in [0.05, 0.1) is 19.3 Å². The molecule has 0 spiro atoms. The molecule has 0 saturated carbocycles. The maximum atomic E-state index is 9.16. The summed E-state index contributed by atoms with van der Waals surface area (Å²) in [6, 6.07) is 9.36. The molecule has 1 aromatic rings. The highest BCUT2D eigenvalue weighted by Gasteiger charge is 2.04. The van der Waals surface area contributed by atoms with E-state index in [4.69, 9.17) is 15.1 Å². The molecule has 0 heterocycles. The van der Waals surface area contributed by atoms with Gasteiger partial charge in [-0.3, -0.25) is 0 Å². The first-order valence-electron chi connectivity index (χ1n) is 5.83. The Morgan fingerprint density at radius 1 is 1.33 bits per heavy atom. The predicted octanol–water partition coefficient (Wildman–Crippen LogP) is 2.21. The van der Waals surface area contributed by atoms with Crippen LogP contribution in [0.2, 0.25) is 0 Å². The molecule has 0 saturated heterocycles. The lowest BCUT2D eigenvalue weighted by Gasteiger charge is -2.07. The van der Waals surface area contributed by atoms with Crippen molar-refractivity contribution >= 4 is 5.71 Å². The zero-order valence-electron chi connectivity index (χ0n) is 10.7. The third-order valence-electron chi connectivity index (χ3n) is 2.32. The van der Waals surface area contributed by atoms with Crippen LogP contribution >= 0.6 is 0 Å². The van der Waals surface area contributed by atoms with Crippen LogP contribution < -0.4 is 0 Å². The van der Waals surface area contributed by atoms with Crippen LogP contribution in [0.25, 0.3) is 0 Å². The fourth-order valence-electron chi connectivity index (χ4n) is 1.57. The lowest BCUT2D eigenvalue weighted by atomic mass is 10.1. The lowest BCUT2D eigenvalue weighted by molar-refractivity contribution is 0.189. The summed E-state index contributed by atoms with van der Waals surface area (Å²) >= 11 is 0. The van der Waals surface area contributed by atoms with E-state index in [1.807, 2.05) is 37.3 Å². The molecule has 98 valence electrons. The second kappa shape index (κ2) is 7.63. The Labute approximate surface area is 107 Å². The summed E-state index contributed by atoms with van der Waals surface area (Å²) in [7, 11) is 0. The molecular formula is C14H19NO3. The molecule has 1 atom stereocenters. The molecule has 0 aromatic heterocycles. The summed E-state index contributed by atoms with van der Waals surface area (Å²) in [5, 5.41) is 21.3. The minimum absolute atomic E-state index is 0.228. The van der Waals surface area contributed by atoms with Crippen molar-refractivity contribution in [2.24, 2.45) is 5.16 Å². The van der Waals surface area contributed by atoms with Gasteiger partial charge in [-0.1, -0.05) is 41.6 Å². The van der Waals surface area contributed by atoms with Crippen LogP contribution in [0, 0.1) is 0 Å². The zero-order valence-corrected chi connectivity index (χ0v) is 10.7. The van der Waals surface area contributed by atoms with E-state index in [0.717, 1.165) is 11.1 Å². The Morgan fingerprint density at radius 3 is 2.56 bits per heavy atom. The van der Waals surface area contributed by atoms with Crippen molar-refractivity contribution in [1.29, 1.82) is 0 Å². The van der Waals surface area contributed by atoms with E-state index >= 15 is 0 Å². The number of ether oxygens (including phenoxy) is 1. The molecule has 4 nitrogen and oxygen atoms in total. The van der Waals surface area contributed by atoms with Gasteiger partial charge >= 0.3 is 0 Å². The summed E-state index contributed by atoms with van der Waals surface area (Å²) < 4.78 is 5.43. The van der Waals surface area contributed by atoms with E-state index in [9.17, 15) is 0 Å². The van der Waals surface area contributed by atoms with E-state index < -0.39 is 6.10 Å². The van der Waals surface area contributed by atoms with Crippen molar-refractivity contribution in [2.75, 3.05) is 13.2 Å². The van der Waals surface area contributed by atoms with Gasteiger partial charge in [0.25, 0.3) is 0 Å². The molecule has 1 aromatic carbocycles. The zero-order chi connectivity index (χ0) is 13.4. The normalized spacial score (nSPS) is 14.6. The molecule has 0 amide bonds. The second-order valence-corrected chi connectivity index (χ2v) is 4.16. The van der Waals surface area contributed by atoms with Gasteiger partial charge in [-0.05, 0) is 19.4 Å². The molecule has 0 radical (unpaired) electrons. The molecule has 1 unspecified atom stereocenters. The van der Waals surface area contributed by atoms with Crippen LogP contribution in [-0.2, 0) is 4.74 Å². The topological polar surface area (TPSA) is 62.0 Å². The average Bonchev–Trinajstić information content (AvgIpc) is 2.35. The lowest BCUT2D eigenvalue weighted by Crippen LogP contribution is -2.12. The van der Waals surface area contributed by atoms with Gasteiger partial charge < -0.3 is 15.1 Å². The number of oxime groups is 1. The van der Waals surface area contributed by atoms with E-state index in [2.05, 4.69) is 5.16 Å². The molecule has 0 aliphatic rings. The van der Waals surface area contributed by atoms with Crippen molar-refractivity contribution in [3.05, 3.63) is 47.5 Å². The number of hydrogen-bond acceptors (Lipinski definition) is 4. The summed E-state index contributed by atoms with van der Waals surface area (Å²) in [5.74, 6) is 0. The van der Waals surface area contributed by atoms with E-state index in [-0.39, 0.29) is 6.61 Å². The van der Waals surface area contributed by atoms with Crippen molar-refractivity contribution < 1.29 is 15.1 Å². The molecule has 1 rings (SSSR count). The minimum Gasteiger partial charge on any atom is -0.411 e. The summed E-state index contributed by atoms with van der Waals surface area (Å²) in [5.41, 5.74) is 2.26. The monoisotopic (exact) mass is 249 g/mol. The van der Waals surface area contributed by atoms with Crippen LogP contribution in [0.3, 0.4) is 0 Å². The van der Waals surface area contributed by atoms with Gasteiger partial charge in [0.1, 0.15) is 5.71 Å². The number of aliphatic hydroxyl groups is 1. The Kier molecular flexibility index (Phi) is 6.11. The first-order chi connectivity index (χ1) is 8.63. The standard InChI is InChI=1S/C14H19NO3/c1-11(8-12(2)16)9-18-10-14(15-17)13-6-4-3-5-7-13/h3-8,12,16-17H,9-10H2,1-2H3/b11-8+,15-14+. The van der Waals surface area contributed by atoms with Crippen LogP contribution in [-0.4, -0.2) is 35.3 Å². The third kappa shape index (κ3) is 5.12.